The van der Waals surface area contributed by atoms with Crippen LogP contribution in [0.25, 0.3) is 0 Å². The Balaban J connectivity index is 1.91. The molecule has 1 amide bonds. The standard InChI is InChI=1S/C23H32N4O5S/c1-16-12-27(17(2)15-28)23(29)20-11-19(25-33(4,30)31)5-6-21(20)32-22(16)14-26(3)13-18-7-9-24-10-8-18/h5-11,16-17,22,25,28H,12-15H2,1-4H3/t16-,17+,22-/m0/s1. The van der Waals surface area contributed by atoms with Crippen LogP contribution in [0.1, 0.15) is 29.8 Å². The average molecular weight is 477 g/mol. The number of anilines is 1. The Hall–Kier alpha value is -2.69. The first-order valence-electron chi connectivity index (χ1n) is 10.8. The van der Waals surface area contributed by atoms with Gasteiger partial charge in [0.1, 0.15) is 11.9 Å². The van der Waals surface area contributed by atoms with Gasteiger partial charge in [0.15, 0.2) is 0 Å². The highest BCUT2D eigenvalue weighted by atomic mass is 32.2. The van der Waals surface area contributed by atoms with Crippen molar-refractivity contribution >= 4 is 21.6 Å². The fraction of sp³-hybridized carbons (Fsp3) is 0.478. The maximum absolute atomic E-state index is 13.4. The van der Waals surface area contributed by atoms with Crippen molar-refractivity contribution in [3.05, 3.63) is 53.9 Å². The lowest BCUT2D eigenvalue weighted by Crippen LogP contribution is -2.49. The van der Waals surface area contributed by atoms with Gasteiger partial charge in [0.05, 0.1) is 24.5 Å². The Morgan fingerprint density at radius 1 is 1.30 bits per heavy atom. The van der Waals surface area contributed by atoms with Crippen molar-refractivity contribution < 1.29 is 23.1 Å². The minimum absolute atomic E-state index is 0.00943. The number of carbonyl (C=O) groups excluding carboxylic acids is 1. The molecular weight excluding hydrogens is 444 g/mol. The fourth-order valence-electron chi connectivity index (χ4n) is 3.89. The number of ether oxygens (including phenoxy) is 1. The summed E-state index contributed by atoms with van der Waals surface area (Å²) in [7, 11) is -1.50. The monoisotopic (exact) mass is 476 g/mol. The number of sulfonamides is 1. The molecule has 180 valence electrons. The van der Waals surface area contributed by atoms with Gasteiger partial charge in [0, 0.05) is 43.6 Å². The Morgan fingerprint density at radius 3 is 2.64 bits per heavy atom. The molecule has 3 rings (SSSR count). The maximum atomic E-state index is 13.4. The lowest BCUT2D eigenvalue weighted by atomic mass is 9.99. The second-order valence-electron chi connectivity index (χ2n) is 8.76. The molecule has 0 aliphatic carbocycles. The molecule has 1 aliphatic rings. The van der Waals surface area contributed by atoms with Gasteiger partial charge >= 0.3 is 0 Å². The molecule has 0 saturated heterocycles. The zero-order valence-corrected chi connectivity index (χ0v) is 20.2. The summed E-state index contributed by atoms with van der Waals surface area (Å²) in [6.07, 6.45) is 4.34. The SMILES string of the molecule is C[C@H](CO)N1C[C@H](C)[C@H](CN(C)Cc2ccncc2)Oc2ccc(NS(C)(=O)=O)cc2C1=O. The molecule has 3 atom stereocenters. The molecule has 1 aliphatic heterocycles. The minimum atomic E-state index is -3.50. The van der Waals surface area contributed by atoms with E-state index >= 15 is 0 Å². The number of amides is 1. The number of nitrogens with zero attached hydrogens (tertiary/aromatic N) is 3. The van der Waals surface area contributed by atoms with Crippen LogP contribution in [0.2, 0.25) is 0 Å². The Kier molecular flexibility index (Phi) is 7.93. The van der Waals surface area contributed by atoms with Crippen LogP contribution in [0.5, 0.6) is 5.75 Å². The quantitative estimate of drug-likeness (QED) is 0.598. The number of benzene rings is 1. The van der Waals surface area contributed by atoms with Crippen molar-refractivity contribution in [2.24, 2.45) is 5.92 Å². The number of carbonyl (C=O) groups is 1. The van der Waals surface area contributed by atoms with Gasteiger partial charge in [-0.15, -0.1) is 0 Å². The highest BCUT2D eigenvalue weighted by Gasteiger charge is 2.33. The highest BCUT2D eigenvalue weighted by molar-refractivity contribution is 7.92. The Bertz CT molecular complexity index is 1060. The highest BCUT2D eigenvalue weighted by Crippen LogP contribution is 2.31. The summed E-state index contributed by atoms with van der Waals surface area (Å²) in [5.41, 5.74) is 1.68. The van der Waals surface area contributed by atoms with Gasteiger partial charge < -0.3 is 14.7 Å². The summed E-state index contributed by atoms with van der Waals surface area (Å²) in [5, 5.41) is 9.75. The van der Waals surface area contributed by atoms with Gasteiger partial charge in [0.25, 0.3) is 5.91 Å². The second kappa shape index (κ2) is 10.5. The predicted octanol–water partition coefficient (Wildman–Crippen LogP) is 1.81. The van der Waals surface area contributed by atoms with Gasteiger partial charge in [-0.3, -0.25) is 19.4 Å². The Morgan fingerprint density at radius 2 is 2.00 bits per heavy atom. The normalized spacial score (nSPS) is 19.9. The van der Waals surface area contributed by atoms with Crippen molar-refractivity contribution in [3.8, 4) is 5.75 Å². The van der Waals surface area contributed by atoms with E-state index in [1.165, 1.54) is 6.07 Å². The van der Waals surface area contributed by atoms with E-state index in [1.54, 1.807) is 36.4 Å². The molecule has 0 radical (unpaired) electrons. The summed E-state index contributed by atoms with van der Waals surface area (Å²) in [5.74, 6) is 0.0759. The summed E-state index contributed by atoms with van der Waals surface area (Å²) >= 11 is 0. The molecule has 33 heavy (non-hydrogen) atoms. The third-order valence-electron chi connectivity index (χ3n) is 5.66. The summed E-state index contributed by atoms with van der Waals surface area (Å²) in [6.45, 7) is 5.37. The number of nitrogens with one attached hydrogen (secondary N) is 1. The maximum Gasteiger partial charge on any atom is 0.258 e. The van der Waals surface area contributed by atoms with Gasteiger partial charge in [-0.1, -0.05) is 6.92 Å². The predicted molar refractivity (Wildman–Crippen MR) is 127 cm³/mol. The van der Waals surface area contributed by atoms with Crippen LogP contribution >= 0.6 is 0 Å². The summed E-state index contributed by atoms with van der Waals surface area (Å²) in [4.78, 5) is 21.2. The molecule has 0 spiro atoms. The van der Waals surface area contributed by atoms with E-state index in [-0.39, 0.29) is 35.8 Å². The number of hydrogen-bond acceptors (Lipinski definition) is 7. The largest absolute Gasteiger partial charge is 0.488 e. The third-order valence-corrected chi connectivity index (χ3v) is 6.27. The van der Waals surface area contributed by atoms with Crippen LogP contribution in [0, 0.1) is 5.92 Å². The first kappa shape index (κ1) is 24.9. The number of pyridine rings is 1. The summed E-state index contributed by atoms with van der Waals surface area (Å²) in [6, 6.07) is 8.23. The van der Waals surface area contributed by atoms with Gasteiger partial charge in [-0.25, -0.2) is 8.42 Å². The van der Waals surface area contributed by atoms with Crippen molar-refractivity contribution in [2.75, 3.05) is 37.7 Å². The molecular formula is C23H32N4O5S. The average Bonchev–Trinajstić information content (AvgIpc) is 2.75. The Labute approximate surface area is 195 Å². The van der Waals surface area contributed by atoms with Crippen molar-refractivity contribution in [1.82, 2.24) is 14.8 Å². The fourth-order valence-corrected chi connectivity index (χ4v) is 4.44. The number of aliphatic hydroxyl groups is 1. The van der Waals surface area contributed by atoms with E-state index in [0.29, 0.717) is 18.8 Å². The van der Waals surface area contributed by atoms with Gasteiger partial charge in [-0.2, -0.15) is 0 Å². The van der Waals surface area contributed by atoms with Crippen LogP contribution in [-0.2, 0) is 16.6 Å². The number of aliphatic hydroxyl groups excluding tert-OH is 1. The van der Waals surface area contributed by atoms with E-state index in [2.05, 4.69) is 14.6 Å². The molecule has 2 heterocycles. The van der Waals surface area contributed by atoms with E-state index < -0.39 is 16.1 Å². The number of aromatic nitrogens is 1. The van der Waals surface area contributed by atoms with Crippen molar-refractivity contribution in [3.63, 3.8) is 0 Å². The lowest BCUT2D eigenvalue weighted by molar-refractivity contribution is 0.0341. The number of hydrogen-bond donors (Lipinski definition) is 2. The van der Waals surface area contributed by atoms with Crippen molar-refractivity contribution in [2.45, 2.75) is 32.5 Å². The summed E-state index contributed by atoms with van der Waals surface area (Å²) < 4.78 is 32.1. The zero-order valence-electron chi connectivity index (χ0n) is 19.4. The minimum Gasteiger partial charge on any atom is -0.488 e. The third kappa shape index (κ3) is 6.66. The molecule has 0 saturated carbocycles. The zero-order chi connectivity index (χ0) is 24.2. The molecule has 10 heteroatoms. The van der Waals surface area contributed by atoms with Crippen molar-refractivity contribution in [1.29, 1.82) is 0 Å². The first-order chi connectivity index (χ1) is 15.6. The van der Waals surface area contributed by atoms with E-state index in [4.69, 9.17) is 4.74 Å². The molecule has 0 unspecified atom stereocenters. The molecule has 2 aromatic rings. The molecule has 1 aromatic heterocycles. The molecule has 0 bridgehead atoms. The molecule has 2 N–H and O–H groups in total. The number of fused-ring (bicyclic) bond motifs is 1. The van der Waals surface area contributed by atoms with Gasteiger partial charge in [0.2, 0.25) is 10.0 Å². The van der Waals surface area contributed by atoms with Crippen LogP contribution < -0.4 is 9.46 Å². The van der Waals surface area contributed by atoms with E-state index in [1.807, 2.05) is 26.1 Å². The van der Waals surface area contributed by atoms with Crippen LogP contribution in [0.3, 0.4) is 0 Å². The van der Waals surface area contributed by atoms with Crippen LogP contribution in [-0.4, -0.2) is 79.4 Å². The van der Waals surface area contributed by atoms with Gasteiger partial charge in [-0.05, 0) is 49.9 Å². The van der Waals surface area contributed by atoms with E-state index in [9.17, 15) is 18.3 Å². The smallest absolute Gasteiger partial charge is 0.258 e. The molecule has 0 fully saturated rings. The van der Waals surface area contributed by atoms with E-state index in [0.717, 1.165) is 18.4 Å². The van der Waals surface area contributed by atoms with Crippen LogP contribution in [0.4, 0.5) is 5.69 Å². The topological polar surface area (TPSA) is 112 Å². The van der Waals surface area contributed by atoms with Crippen LogP contribution in [0.15, 0.2) is 42.7 Å². The number of likely N-dealkylation sites (N-methyl/N-ethyl adjacent to an activating group) is 1. The first-order valence-corrected chi connectivity index (χ1v) is 12.7. The molecule has 9 nitrogen and oxygen atoms in total. The number of rotatable bonds is 8. The second-order valence-corrected chi connectivity index (χ2v) is 10.5. The molecule has 1 aromatic carbocycles. The lowest BCUT2D eigenvalue weighted by Gasteiger charge is -2.38.